The van der Waals surface area contributed by atoms with Gasteiger partial charge in [-0.05, 0) is 30.3 Å². The molecule has 1 fully saturated rings. The monoisotopic (exact) mass is 413 g/mol. The highest BCUT2D eigenvalue weighted by Gasteiger charge is 2.32. The quantitative estimate of drug-likeness (QED) is 0.280. The third-order valence-electron chi connectivity index (χ3n) is 4.48. The summed E-state index contributed by atoms with van der Waals surface area (Å²) in [5.41, 5.74) is 8.40. The second kappa shape index (κ2) is 7.66. The van der Waals surface area contributed by atoms with E-state index >= 15 is 0 Å². The van der Waals surface area contributed by atoms with E-state index in [1.54, 1.807) is 46.8 Å². The molecule has 0 unspecified atom stereocenters. The van der Waals surface area contributed by atoms with Gasteiger partial charge in [-0.25, -0.2) is 24.3 Å². The number of nitrogens with two attached hydrogens (primary N) is 1. The molecule has 0 radical (unpaired) electrons. The standard InChI is InChI=1S/C18H16FN7O4/c19-14-6-12(3-4-16(14)24-8-11-2-1-5-21-15(11)10-24)25-9-13(30-18(25)27)7-22-17(20)23-26(28)29/h1-6,8,10,13H,7,9H2,(H3,20,22,23)/t13-/m0/s1. The summed E-state index contributed by atoms with van der Waals surface area (Å²) < 4.78 is 21.6. The Morgan fingerprint density at radius 3 is 3.00 bits per heavy atom. The zero-order chi connectivity index (χ0) is 21.3. The molecule has 0 spiro atoms. The Morgan fingerprint density at radius 2 is 2.27 bits per heavy atom. The summed E-state index contributed by atoms with van der Waals surface area (Å²) in [6.45, 7) is 0.0304. The third-order valence-corrected chi connectivity index (χ3v) is 4.48. The van der Waals surface area contributed by atoms with Gasteiger partial charge in [-0.2, -0.15) is 0 Å². The van der Waals surface area contributed by atoms with Crippen molar-refractivity contribution in [1.29, 1.82) is 0 Å². The zero-order valence-electron chi connectivity index (χ0n) is 15.4. The van der Waals surface area contributed by atoms with Crippen molar-refractivity contribution in [3.63, 3.8) is 0 Å². The van der Waals surface area contributed by atoms with Gasteiger partial charge < -0.3 is 15.0 Å². The molecule has 2 aromatic heterocycles. The maximum absolute atomic E-state index is 14.8. The van der Waals surface area contributed by atoms with E-state index in [-0.39, 0.29) is 13.1 Å². The van der Waals surface area contributed by atoms with E-state index in [2.05, 4.69) is 9.98 Å². The highest BCUT2D eigenvalue weighted by atomic mass is 19.1. The third kappa shape index (κ3) is 3.83. The van der Waals surface area contributed by atoms with E-state index < -0.39 is 29.0 Å². The number of pyridine rings is 1. The summed E-state index contributed by atoms with van der Waals surface area (Å²) in [6.07, 6.45) is 3.80. The maximum atomic E-state index is 14.8. The normalized spacial score (nSPS) is 16.7. The van der Waals surface area contributed by atoms with Crippen LogP contribution in [0.2, 0.25) is 0 Å². The van der Waals surface area contributed by atoms with Crippen molar-refractivity contribution in [3.05, 3.63) is 64.9 Å². The number of rotatable bonds is 5. The van der Waals surface area contributed by atoms with Crippen LogP contribution in [0.25, 0.3) is 16.6 Å². The number of hydrazine groups is 1. The first-order valence-electron chi connectivity index (χ1n) is 8.82. The highest BCUT2D eigenvalue weighted by Crippen LogP contribution is 2.26. The molecule has 3 N–H and O–H groups in total. The van der Waals surface area contributed by atoms with Crippen LogP contribution in [-0.2, 0) is 4.74 Å². The average molecular weight is 413 g/mol. The van der Waals surface area contributed by atoms with Crippen molar-refractivity contribution in [2.45, 2.75) is 6.10 Å². The molecule has 1 aliphatic heterocycles. The SMILES string of the molecule is NC(=NC[C@H]1CN(c2ccc(-n3cc4cccnc4c3)c(F)c2)C(=O)O1)N[N+](=O)[O-]. The Hall–Kier alpha value is -4.22. The van der Waals surface area contributed by atoms with Gasteiger partial charge in [-0.15, -0.1) is 0 Å². The molecule has 0 aliphatic carbocycles. The Morgan fingerprint density at radius 1 is 1.43 bits per heavy atom. The van der Waals surface area contributed by atoms with E-state index in [9.17, 15) is 19.3 Å². The summed E-state index contributed by atoms with van der Waals surface area (Å²) in [6, 6.07) is 8.07. The first kappa shape index (κ1) is 19.1. The topological polar surface area (TPSA) is 141 Å². The van der Waals surface area contributed by atoms with Crippen LogP contribution < -0.4 is 16.1 Å². The average Bonchev–Trinajstić information content (AvgIpc) is 3.29. The number of carbonyl (C=O) groups is 1. The fourth-order valence-electron chi connectivity index (χ4n) is 3.13. The number of guanidine groups is 1. The fourth-order valence-corrected chi connectivity index (χ4v) is 3.13. The first-order valence-corrected chi connectivity index (χ1v) is 8.82. The number of ether oxygens (including phenoxy) is 1. The van der Waals surface area contributed by atoms with Crippen LogP contribution in [0.15, 0.2) is 53.9 Å². The number of benzene rings is 1. The largest absolute Gasteiger partial charge is 0.442 e. The van der Waals surface area contributed by atoms with Gasteiger partial charge in [0.05, 0.1) is 30.0 Å². The molecule has 0 bridgehead atoms. The van der Waals surface area contributed by atoms with Crippen molar-refractivity contribution in [3.8, 4) is 5.69 Å². The van der Waals surface area contributed by atoms with Gasteiger partial charge in [0, 0.05) is 24.0 Å². The van der Waals surface area contributed by atoms with Crippen molar-refractivity contribution in [2.75, 3.05) is 18.0 Å². The minimum absolute atomic E-state index is 0.0710. The van der Waals surface area contributed by atoms with Crippen LogP contribution in [0.5, 0.6) is 0 Å². The van der Waals surface area contributed by atoms with Crippen LogP contribution in [0.1, 0.15) is 0 Å². The molecule has 1 atom stereocenters. The number of fused-ring (bicyclic) bond motifs is 1. The second-order valence-electron chi connectivity index (χ2n) is 6.49. The van der Waals surface area contributed by atoms with Crippen molar-refractivity contribution >= 4 is 28.6 Å². The molecular formula is C18H16FN7O4. The number of nitro groups is 1. The molecule has 3 heterocycles. The Balaban J connectivity index is 1.50. The Labute approximate surface area is 168 Å². The minimum Gasteiger partial charge on any atom is -0.442 e. The molecule has 12 heteroatoms. The highest BCUT2D eigenvalue weighted by molar-refractivity contribution is 5.90. The number of hydrogen-bond donors (Lipinski definition) is 2. The van der Waals surface area contributed by atoms with Gasteiger partial charge in [0.25, 0.3) is 5.96 Å². The fraction of sp³-hybridized carbons (Fsp3) is 0.167. The Bertz CT molecular complexity index is 1130. The molecule has 154 valence electrons. The number of halogens is 1. The van der Waals surface area contributed by atoms with Crippen molar-refractivity contribution in [1.82, 2.24) is 15.0 Å². The first-order chi connectivity index (χ1) is 14.4. The van der Waals surface area contributed by atoms with Gasteiger partial charge in [-0.3, -0.25) is 9.88 Å². The van der Waals surface area contributed by atoms with Crippen molar-refractivity contribution in [2.24, 2.45) is 10.7 Å². The van der Waals surface area contributed by atoms with Crippen LogP contribution in [0.3, 0.4) is 0 Å². The number of nitrogens with zero attached hydrogens (tertiary/aromatic N) is 5. The van der Waals surface area contributed by atoms with Crippen molar-refractivity contribution < 1.29 is 19.0 Å². The van der Waals surface area contributed by atoms with E-state index in [4.69, 9.17) is 10.5 Å². The molecule has 0 saturated carbocycles. The number of carbonyl (C=O) groups excluding carboxylic acids is 1. The van der Waals surface area contributed by atoms with E-state index in [0.29, 0.717) is 11.4 Å². The summed E-state index contributed by atoms with van der Waals surface area (Å²) in [4.78, 5) is 31.7. The molecule has 1 aliphatic rings. The summed E-state index contributed by atoms with van der Waals surface area (Å²) in [5.74, 6) is -0.931. The lowest BCUT2D eigenvalue weighted by atomic mass is 10.2. The van der Waals surface area contributed by atoms with E-state index in [1.165, 1.54) is 11.0 Å². The van der Waals surface area contributed by atoms with Crippen LogP contribution in [0.4, 0.5) is 14.9 Å². The number of aromatic nitrogens is 2. The minimum atomic E-state index is -0.847. The molecular weight excluding hydrogens is 397 g/mol. The number of hydrogen-bond acceptors (Lipinski definition) is 6. The molecule has 4 rings (SSSR count). The number of amides is 1. The lowest BCUT2D eigenvalue weighted by Gasteiger charge is -2.14. The predicted molar refractivity (Wildman–Crippen MR) is 105 cm³/mol. The number of cyclic esters (lactones) is 1. The zero-order valence-corrected chi connectivity index (χ0v) is 15.4. The molecule has 1 aromatic carbocycles. The Kier molecular flexibility index (Phi) is 4.88. The molecule has 1 amide bonds. The van der Waals surface area contributed by atoms with E-state index in [1.807, 2.05) is 6.07 Å². The molecule has 1 saturated heterocycles. The van der Waals surface area contributed by atoms with Crippen LogP contribution in [-0.4, -0.2) is 45.8 Å². The maximum Gasteiger partial charge on any atom is 0.414 e. The van der Waals surface area contributed by atoms with Crippen LogP contribution >= 0.6 is 0 Å². The number of aliphatic imine (C=N–C) groups is 1. The van der Waals surface area contributed by atoms with Gasteiger partial charge in [0.2, 0.25) is 0 Å². The van der Waals surface area contributed by atoms with Gasteiger partial charge in [-0.1, -0.05) is 5.43 Å². The molecule has 3 aromatic rings. The molecule has 11 nitrogen and oxygen atoms in total. The predicted octanol–water partition coefficient (Wildman–Crippen LogP) is 1.59. The van der Waals surface area contributed by atoms with Gasteiger partial charge >= 0.3 is 6.09 Å². The van der Waals surface area contributed by atoms with Gasteiger partial charge in [0.15, 0.2) is 5.03 Å². The summed E-state index contributed by atoms with van der Waals surface area (Å²) in [7, 11) is 0. The summed E-state index contributed by atoms with van der Waals surface area (Å²) >= 11 is 0. The molecule has 30 heavy (non-hydrogen) atoms. The van der Waals surface area contributed by atoms with E-state index in [0.717, 1.165) is 10.9 Å². The second-order valence-corrected chi connectivity index (χ2v) is 6.49. The van der Waals surface area contributed by atoms with Crippen LogP contribution in [0, 0.1) is 15.9 Å². The smallest absolute Gasteiger partial charge is 0.414 e. The lowest BCUT2D eigenvalue weighted by Crippen LogP contribution is -2.37. The number of nitrogens with one attached hydrogen (secondary N) is 1. The lowest BCUT2D eigenvalue weighted by molar-refractivity contribution is -0.525. The number of anilines is 1. The van der Waals surface area contributed by atoms with Gasteiger partial charge in [0.1, 0.15) is 11.9 Å². The summed E-state index contributed by atoms with van der Waals surface area (Å²) in [5, 5.41) is 10.3.